The van der Waals surface area contributed by atoms with E-state index in [1.807, 2.05) is 55.5 Å². The largest absolute Gasteiger partial charge is 0.322 e. The summed E-state index contributed by atoms with van der Waals surface area (Å²) >= 11 is 0. The third-order valence-electron chi connectivity index (χ3n) is 5.26. The lowest BCUT2D eigenvalue weighted by Crippen LogP contribution is -2.44. The van der Waals surface area contributed by atoms with Crippen molar-refractivity contribution < 1.29 is 9.59 Å². The molecule has 2 aliphatic rings. The van der Waals surface area contributed by atoms with E-state index in [-0.39, 0.29) is 5.91 Å². The Labute approximate surface area is 164 Å². The van der Waals surface area contributed by atoms with Crippen molar-refractivity contribution in [3.63, 3.8) is 0 Å². The average molecular weight is 376 g/mol. The molecule has 0 radical (unpaired) electrons. The van der Waals surface area contributed by atoms with E-state index in [9.17, 15) is 9.59 Å². The number of aliphatic imine (C=N–C) groups is 1. The van der Waals surface area contributed by atoms with Crippen LogP contribution in [-0.2, 0) is 4.79 Å². The molecule has 6 nitrogen and oxygen atoms in total. The van der Waals surface area contributed by atoms with Gasteiger partial charge in [0.2, 0.25) is 6.17 Å². The summed E-state index contributed by atoms with van der Waals surface area (Å²) in [4.78, 5) is 29.9. The lowest BCUT2D eigenvalue weighted by Gasteiger charge is -2.16. The summed E-state index contributed by atoms with van der Waals surface area (Å²) < 4.78 is 0. The van der Waals surface area contributed by atoms with E-state index in [1.165, 1.54) is 12.8 Å². The van der Waals surface area contributed by atoms with Crippen LogP contribution in [0, 0.1) is 12.8 Å². The highest BCUT2D eigenvalue weighted by Crippen LogP contribution is 2.32. The number of anilines is 2. The van der Waals surface area contributed by atoms with Gasteiger partial charge in [-0.2, -0.15) is 0 Å². The van der Waals surface area contributed by atoms with Crippen molar-refractivity contribution in [2.75, 3.05) is 10.6 Å². The summed E-state index contributed by atoms with van der Waals surface area (Å²) in [5, 5.41) is 8.40. The Morgan fingerprint density at radius 2 is 1.89 bits per heavy atom. The first-order valence-corrected chi connectivity index (χ1v) is 9.72. The van der Waals surface area contributed by atoms with Crippen molar-refractivity contribution in [2.24, 2.45) is 10.9 Å². The van der Waals surface area contributed by atoms with Gasteiger partial charge >= 0.3 is 6.03 Å². The minimum Gasteiger partial charge on any atom is -0.322 e. The molecule has 0 bridgehead atoms. The highest BCUT2D eigenvalue weighted by atomic mass is 16.2. The molecule has 0 saturated heterocycles. The van der Waals surface area contributed by atoms with E-state index in [2.05, 4.69) is 16.0 Å². The Kier molecular flexibility index (Phi) is 5.10. The molecule has 2 aromatic rings. The van der Waals surface area contributed by atoms with E-state index >= 15 is 0 Å². The van der Waals surface area contributed by atoms with Crippen LogP contribution >= 0.6 is 0 Å². The molecule has 4 rings (SSSR count). The molecule has 144 valence electrons. The predicted octanol–water partition coefficient (Wildman–Crippen LogP) is 4.07. The van der Waals surface area contributed by atoms with E-state index in [0.29, 0.717) is 11.6 Å². The molecule has 28 heavy (non-hydrogen) atoms. The number of hydrogen-bond acceptors (Lipinski definition) is 3. The number of hydrogen-bond donors (Lipinski definition) is 3. The first-order chi connectivity index (χ1) is 13.6. The number of nitrogens with zero attached hydrogens (tertiary/aromatic N) is 1. The molecule has 1 atom stereocenters. The standard InChI is InChI=1S/C22H24N4O2/c1-14-7-6-10-16(13-14)23-22(28)26-20-21(27)24-18-12-5-4-11-17(18)19(25-20)15-8-2-3-9-15/h4-7,10-13,15,20H,2-3,8-9H2,1H3,(H,24,27)(H2,23,26,28)/t20-/m0/s1. The van der Waals surface area contributed by atoms with Crippen LogP contribution in [0.25, 0.3) is 0 Å². The molecule has 0 aromatic heterocycles. The van der Waals surface area contributed by atoms with Crippen molar-refractivity contribution in [1.82, 2.24) is 5.32 Å². The number of fused-ring (bicyclic) bond motifs is 1. The fraction of sp³-hybridized carbons (Fsp3) is 0.318. The molecular formula is C22H24N4O2. The van der Waals surface area contributed by atoms with E-state index < -0.39 is 12.2 Å². The molecule has 0 spiro atoms. The summed E-state index contributed by atoms with van der Waals surface area (Å²) in [5.74, 6) is -0.0159. The van der Waals surface area contributed by atoms with E-state index in [1.54, 1.807) is 0 Å². The molecule has 3 N–H and O–H groups in total. The number of nitrogens with one attached hydrogen (secondary N) is 3. The van der Waals surface area contributed by atoms with Gasteiger partial charge in [0, 0.05) is 22.9 Å². The maximum Gasteiger partial charge on any atom is 0.321 e. The number of benzene rings is 2. The SMILES string of the molecule is Cc1cccc(NC(=O)N[C@@H]2N=C(C3CCCC3)c3ccccc3NC2=O)c1. The van der Waals surface area contributed by atoms with Crippen LogP contribution in [0.2, 0.25) is 0 Å². The van der Waals surface area contributed by atoms with Crippen LogP contribution in [0.4, 0.5) is 16.2 Å². The monoisotopic (exact) mass is 376 g/mol. The van der Waals surface area contributed by atoms with Gasteiger partial charge in [0.1, 0.15) is 0 Å². The number of aryl methyl sites for hydroxylation is 1. The molecule has 2 aromatic carbocycles. The zero-order chi connectivity index (χ0) is 19.5. The Morgan fingerprint density at radius 3 is 2.68 bits per heavy atom. The number of carbonyl (C=O) groups excluding carboxylic acids is 2. The van der Waals surface area contributed by atoms with Gasteiger partial charge in [-0.3, -0.25) is 9.79 Å². The highest BCUT2D eigenvalue weighted by molar-refractivity contribution is 6.13. The summed E-state index contributed by atoms with van der Waals surface area (Å²) in [6.45, 7) is 1.96. The minimum absolute atomic E-state index is 0.318. The average Bonchev–Trinajstić information content (AvgIpc) is 3.16. The molecule has 1 saturated carbocycles. The van der Waals surface area contributed by atoms with Gasteiger partial charge in [-0.05, 0) is 43.5 Å². The number of rotatable bonds is 3. The molecule has 3 amide bonds. The van der Waals surface area contributed by atoms with Crippen LogP contribution in [-0.4, -0.2) is 23.8 Å². The van der Waals surface area contributed by atoms with Crippen LogP contribution in [0.15, 0.2) is 53.5 Å². The van der Waals surface area contributed by atoms with Gasteiger partial charge < -0.3 is 16.0 Å². The minimum atomic E-state index is -0.965. The maximum atomic E-state index is 12.7. The zero-order valence-corrected chi connectivity index (χ0v) is 15.9. The Morgan fingerprint density at radius 1 is 1.11 bits per heavy atom. The molecule has 1 aliphatic carbocycles. The fourth-order valence-corrected chi connectivity index (χ4v) is 3.92. The smallest absolute Gasteiger partial charge is 0.321 e. The van der Waals surface area contributed by atoms with Crippen molar-refractivity contribution >= 4 is 29.0 Å². The highest BCUT2D eigenvalue weighted by Gasteiger charge is 2.31. The Hall–Kier alpha value is -3.15. The third kappa shape index (κ3) is 3.91. The van der Waals surface area contributed by atoms with Crippen molar-refractivity contribution in [3.8, 4) is 0 Å². The van der Waals surface area contributed by atoms with Gasteiger partial charge in [0.15, 0.2) is 0 Å². The maximum absolute atomic E-state index is 12.7. The molecule has 0 unspecified atom stereocenters. The quantitative estimate of drug-likeness (QED) is 0.754. The van der Waals surface area contributed by atoms with Gasteiger partial charge in [-0.15, -0.1) is 0 Å². The van der Waals surface area contributed by atoms with Crippen molar-refractivity contribution in [1.29, 1.82) is 0 Å². The second kappa shape index (κ2) is 7.84. The summed E-state index contributed by atoms with van der Waals surface area (Å²) in [7, 11) is 0. The Balaban J connectivity index is 1.58. The number of amides is 3. The van der Waals surface area contributed by atoms with Gasteiger partial charge in [0.25, 0.3) is 5.91 Å². The van der Waals surface area contributed by atoms with Gasteiger partial charge in [-0.25, -0.2) is 4.79 Å². The molecular weight excluding hydrogens is 352 g/mol. The normalized spacial score (nSPS) is 19.2. The summed E-state index contributed by atoms with van der Waals surface area (Å²) in [6, 6.07) is 14.8. The Bertz CT molecular complexity index is 932. The second-order valence-electron chi connectivity index (χ2n) is 7.40. The number of urea groups is 1. The first kappa shape index (κ1) is 18.2. The van der Waals surface area contributed by atoms with E-state index in [4.69, 9.17) is 4.99 Å². The van der Waals surface area contributed by atoms with Gasteiger partial charge in [0.05, 0.1) is 5.71 Å². The number of benzodiazepines with no additional fused rings is 1. The van der Waals surface area contributed by atoms with Crippen LogP contribution < -0.4 is 16.0 Å². The van der Waals surface area contributed by atoms with Crippen LogP contribution in [0.5, 0.6) is 0 Å². The number of para-hydroxylation sites is 1. The zero-order valence-electron chi connectivity index (χ0n) is 15.9. The lowest BCUT2D eigenvalue weighted by molar-refractivity contribution is -0.117. The van der Waals surface area contributed by atoms with Crippen molar-refractivity contribution in [2.45, 2.75) is 38.8 Å². The lowest BCUT2D eigenvalue weighted by atomic mass is 9.94. The first-order valence-electron chi connectivity index (χ1n) is 9.72. The molecule has 1 fully saturated rings. The number of carbonyl (C=O) groups is 2. The topological polar surface area (TPSA) is 82.6 Å². The third-order valence-corrected chi connectivity index (χ3v) is 5.26. The second-order valence-corrected chi connectivity index (χ2v) is 7.40. The van der Waals surface area contributed by atoms with Crippen LogP contribution in [0.3, 0.4) is 0 Å². The molecule has 6 heteroatoms. The van der Waals surface area contributed by atoms with Crippen LogP contribution in [0.1, 0.15) is 36.8 Å². The molecule has 1 aliphatic heterocycles. The van der Waals surface area contributed by atoms with Gasteiger partial charge in [-0.1, -0.05) is 43.2 Å². The summed E-state index contributed by atoms with van der Waals surface area (Å²) in [5.41, 5.74) is 4.33. The van der Waals surface area contributed by atoms with Crippen molar-refractivity contribution in [3.05, 3.63) is 59.7 Å². The predicted molar refractivity (Wildman–Crippen MR) is 111 cm³/mol. The fourth-order valence-electron chi connectivity index (χ4n) is 3.92. The van der Waals surface area contributed by atoms with E-state index in [0.717, 1.165) is 35.4 Å². The summed E-state index contributed by atoms with van der Waals surface area (Å²) in [6.07, 6.45) is 3.48. The molecule has 1 heterocycles.